The largest absolute Gasteiger partial charge is 0.477 e. The fourth-order valence-electron chi connectivity index (χ4n) is 3.60. The van der Waals surface area contributed by atoms with Crippen LogP contribution in [0.3, 0.4) is 0 Å². The van der Waals surface area contributed by atoms with E-state index in [4.69, 9.17) is 0 Å². The molecule has 0 spiro atoms. The van der Waals surface area contributed by atoms with Crippen molar-refractivity contribution in [1.82, 2.24) is 9.80 Å². The predicted molar refractivity (Wildman–Crippen MR) is 105 cm³/mol. The Morgan fingerprint density at radius 3 is 2.85 bits per heavy atom. The summed E-state index contributed by atoms with van der Waals surface area (Å²) in [6, 6.07) is 0. The van der Waals surface area contributed by atoms with Crippen molar-refractivity contribution >= 4 is 41.3 Å². The van der Waals surface area contributed by atoms with Crippen molar-refractivity contribution in [2.75, 3.05) is 13.1 Å². The third-order valence-corrected chi connectivity index (χ3v) is 7.84. The van der Waals surface area contributed by atoms with Gasteiger partial charge in [0.1, 0.15) is 0 Å². The van der Waals surface area contributed by atoms with Gasteiger partial charge in [-0.05, 0) is 26.2 Å². The SMILES string of the molecule is C=CCCC(=O)N1CCC(SC2=C(C(=O)O)N3C(=O)[C@@H](CC(C)O)[C@H]3S2)C1. The Labute approximate surface area is 166 Å². The molecule has 4 atom stereocenters. The average Bonchev–Trinajstić information content (AvgIpc) is 3.21. The molecular formula is C18H24N2O5S2. The van der Waals surface area contributed by atoms with Gasteiger partial charge >= 0.3 is 5.97 Å². The van der Waals surface area contributed by atoms with Gasteiger partial charge in [0.05, 0.1) is 21.6 Å². The molecule has 0 saturated carbocycles. The summed E-state index contributed by atoms with van der Waals surface area (Å²) in [5, 5.41) is 19.1. The summed E-state index contributed by atoms with van der Waals surface area (Å²) < 4.78 is 0.638. The van der Waals surface area contributed by atoms with Gasteiger partial charge in [-0.2, -0.15) is 0 Å². The van der Waals surface area contributed by atoms with Crippen LogP contribution in [0.2, 0.25) is 0 Å². The topological polar surface area (TPSA) is 98.2 Å². The van der Waals surface area contributed by atoms with E-state index in [9.17, 15) is 24.6 Å². The summed E-state index contributed by atoms with van der Waals surface area (Å²) in [5.74, 6) is -1.58. The van der Waals surface area contributed by atoms with Gasteiger partial charge in [0, 0.05) is 24.8 Å². The van der Waals surface area contributed by atoms with Crippen molar-refractivity contribution < 1.29 is 24.6 Å². The molecule has 3 heterocycles. The third-order valence-electron chi connectivity index (χ3n) is 4.95. The summed E-state index contributed by atoms with van der Waals surface area (Å²) in [7, 11) is 0. The molecule has 3 aliphatic heterocycles. The number of β-lactam (4-membered cyclic amide) rings is 1. The van der Waals surface area contributed by atoms with Crippen molar-refractivity contribution in [1.29, 1.82) is 0 Å². The van der Waals surface area contributed by atoms with Gasteiger partial charge in [-0.15, -0.1) is 18.3 Å². The number of carbonyl (C=O) groups is 3. The van der Waals surface area contributed by atoms with Crippen molar-refractivity contribution in [3.05, 3.63) is 22.6 Å². The molecule has 0 aromatic heterocycles. The van der Waals surface area contributed by atoms with Crippen molar-refractivity contribution in [3.63, 3.8) is 0 Å². The molecule has 7 nitrogen and oxygen atoms in total. The number of nitrogens with zero attached hydrogens (tertiary/aromatic N) is 2. The number of allylic oxidation sites excluding steroid dienone is 1. The smallest absolute Gasteiger partial charge is 0.354 e. The zero-order valence-electron chi connectivity index (χ0n) is 15.2. The molecule has 0 aliphatic carbocycles. The summed E-state index contributed by atoms with van der Waals surface area (Å²) in [6.45, 7) is 6.52. The van der Waals surface area contributed by atoms with Gasteiger partial charge in [-0.25, -0.2) is 4.79 Å². The highest BCUT2D eigenvalue weighted by Gasteiger charge is 2.56. The lowest BCUT2D eigenvalue weighted by Crippen LogP contribution is -2.57. The summed E-state index contributed by atoms with van der Waals surface area (Å²) in [4.78, 5) is 39.4. The van der Waals surface area contributed by atoms with Gasteiger partial charge in [0.2, 0.25) is 11.8 Å². The minimum atomic E-state index is -1.10. The van der Waals surface area contributed by atoms with Gasteiger partial charge in [0.25, 0.3) is 0 Å². The van der Waals surface area contributed by atoms with Crippen molar-refractivity contribution in [2.24, 2.45) is 5.92 Å². The fraction of sp³-hybridized carbons (Fsp3) is 0.611. The highest BCUT2D eigenvalue weighted by atomic mass is 32.2. The number of carbonyl (C=O) groups excluding carboxylic acids is 2. The van der Waals surface area contributed by atoms with Crippen LogP contribution < -0.4 is 0 Å². The van der Waals surface area contributed by atoms with Crippen LogP contribution in [0.5, 0.6) is 0 Å². The van der Waals surface area contributed by atoms with E-state index in [0.29, 0.717) is 36.6 Å². The first-order chi connectivity index (χ1) is 12.8. The number of carboxylic acid groups (broad SMARTS) is 1. The Hall–Kier alpha value is -1.45. The Morgan fingerprint density at radius 1 is 1.48 bits per heavy atom. The first kappa shape index (κ1) is 20.3. The quantitative estimate of drug-likeness (QED) is 0.464. The Bertz CT molecular complexity index is 693. The maximum atomic E-state index is 12.4. The van der Waals surface area contributed by atoms with Crippen LogP contribution in [0.15, 0.2) is 22.6 Å². The maximum absolute atomic E-state index is 12.4. The van der Waals surface area contributed by atoms with E-state index < -0.39 is 12.1 Å². The summed E-state index contributed by atoms with van der Waals surface area (Å²) in [6.07, 6.45) is 3.37. The number of aliphatic carboxylic acids is 1. The second-order valence-electron chi connectivity index (χ2n) is 7.04. The predicted octanol–water partition coefficient (Wildman–Crippen LogP) is 1.84. The number of aliphatic hydroxyl groups excluding tert-OH is 1. The Morgan fingerprint density at radius 2 is 2.22 bits per heavy atom. The fourth-order valence-corrected chi connectivity index (χ4v) is 6.83. The molecule has 2 amide bonds. The molecule has 2 N–H and O–H groups in total. The zero-order chi connectivity index (χ0) is 19.7. The zero-order valence-corrected chi connectivity index (χ0v) is 16.8. The van der Waals surface area contributed by atoms with Crippen molar-refractivity contribution in [3.8, 4) is 0 Å². The minimum Gasteiger partial charge on any atom is -0.477 e. The monoisotopic (exact) mass is 412 g/mol. The number of aliphatic hydroxyl groups is 1. The van der Waals surface area contributed by atoms with Crippen LogP contribution >= 0.6 is 23.5 Å². The standard InChI is InChI=1S/C18H24N2O5S2/c1-3-4-5-13(22)19-7-6-11(9-19)26-18-14(17(24)25)20-15(23)12(8-10(2)21)16(20)27-18/h3,10-12,16,21H,1,4-9H2,2H3,(H,24,25)/t10?,11?,12-,16-/m1/s1. The number of fused-ring (bicyclic) bond motifs is 1. The van der Waals surface area contributed by atoms with E-state index >= 15 is 0 Å². The van der Waals surface area contributed by atoms with Crippen LogP contribution in [0.25, 0.3) is 0 Å². The second kappa shape index (κ2) is 8.28. The molecule has 0 bridgehead atoms. The lowest BCUT2D eigenvalue weighted by atomic mass is 9.91. The van der Waals surface area contributed by atoms with E-state index in [1.165, 1.54) is 28.4 Å². The number of amides is 2. The molecule has 3 rings (SSSR count). The number of thioether (sulfide) groups is 2. The van der Waals surface area contributed by atoms with Crippen LogP contribution in [0.1, 0.15) is 32.6 Å². The second-order valence-corrected chi connectivity index (χ2v) is 9.74. The molecule has 3 aliphatic rings. The van der Waals surface area contributed by atoms with E-state index in [2.05, 4.69) is 6.58 Å². The number of hydrogen-bond acceptors (Lipinski definition) is 6. The number of carboxylic acids is 1. The first-order valence-corrected chi connectivity index (χ1v) is 10.8. The highest BCUT2D eigenvalue weighted by molar-refractivity contribution is 8.23. The van der Waals surface area contributed by atoms with Gasteiger partial charge < -0.3 is 15.1 Å². The molecule has 2 fully saturated rings. The molecule has 0 aromatic rings. The molecule has 148 valence electrons. The molecule has 0 aromatic carbocycles. The maximum Gasteiger partial charge on any atom is 0.354 e. The van der Waals surface area contributed by atoms with Gasteiger partial charge in [-0.3, -0.25) is 14.5 Å². The molecule has 9 heteroatoms. The molecule has 0 radical (unpaired) electrons. The number of likely N-dealkylation sites (tertiary alicyclic amines) is 1. The number of rotatable bonds is 8. The minimum absolute atomic E-state index is 0.0540. The summed E-state index contributed by atoms with van der Waals surface area (Å²) in [5.41, 5.74) is 0.0540. The molecule has 27 heavy (non-hydrogen) atoms. The normalized spacial score (nSPS) is 28.2. The lowest BCUT2D eigenvalue weighted by molar-refractivity contribution is -0.152. The van der Waals surface area contributed by atoms with E-state index in [1.54, 1.807) is 13.0 Å². The Kier molecular flexibility index (Phi) is 6.22. The highest BCUT2D eigenvalue weighted by Crippen LogP contribution is 2.55. The van der Waals surface area contributed by atoms with Gasteiger partial charge in [-0.1, -0.05) is 17.8 Å². The average molecular weight is 413 g/mol. The lowest BCUT2D eigenvalue weighted by Gasteiger charge is -2.42. The third kappa shape index (κ3) is 4.05. The van der Waals surface area contributed by atoms with Crippen LogP contribution in [0.4, 0.5) is 0 Å². The Balaban J connectivity index is 1.65. The van der Waals surface area contributed by atoms with E-state index in [0.717, 1.165) is 6.42 Å². The van der Waals surface area contributed by atoms with Gasteiger partial charge in [0.15, 0.2) is 5.70 Å². The van der Waals surface area contributed by atoms with Crippen molar-refractivity contribution in [2.45, 2.75) is 49.3 Å². The summed E-state index contributed by atoms with van der Waals surface area (Å²) >= 11 is 2.86. The van der Waals surface area contributed by atoms with Crippen LogP contribution in [-0.4, -0.2) is 67.6 Å². The van der Waals surface area contributed by atoms with Crippen LogP contribution in [0, 0.1) is 5.92 Å². The molecular weight excluding hydrogens is 388 g/mol. The van der Waals surface area contributed by atoms with E-state index in [1.807, 2.05) is 4.90 Å². The molecule has 2 unspecified atom stereocenters. The van der Waals surface area contributed by atoms with Crippen LogP contribution in [-0.2, 0) is 14.4 Å². The first-order valence-electron chi connectivity index (χ1n) is 9.04. The number of hydrogen-bond donors (Lipinski definition) is 2. The molecule has 2 saturated heterocycles. The van der Waals surface area contributed by atoms with E-state index in [-0.39, 0.29) is 34.1 Å².